The van der Waals surface area contributed by atoms with E-state index in [4.69, 9.17) is 9.15 Å². The van der Waals surface area contributed by atoms with Crippen LogP contribution < -0.4 is 5.32 Å². The first kappa shape index (κ1) is 13.2. The molecule has 0 aliphatic rings. The molecule has 1 aromatic heterocycles. The summed E-state index contributed by atoms with van der Waals surface area (Å²) < 4.78 is 10.8. The Bertz CT molecular complexity index is 299. The minimum atomic E-state index is 0.392. The lowest BCUT2D eigenvalue weighted by Crippen LogP contribution is -2.31. The maximum absolute atomic E-state index is 5.68. The summed E-state index contributed by atoms with van der Waals surface area (Å²) in [7, 11) is 5.71. The molecule has 1 atom stereocenters. The Morgan fingerprint density at radius 2 is 2.12 bits per heavy atom. The predicted octanol–water partition coefficient (Wildman–Crippen LogP) is 1.47. The fourth-order valence-electron chi connectivity index (χ4n) is 1.55. The van der Waals surface area contributed by atoms with Gasteiger partial charge in [0.1, 0.15) is 11.5 Å². The summed E-state index contributed by atoms with van der Waals surface area (Å²) in [5.74, 6) is 1.97. The van der Waals surface area contributed by atoms with Gasteiger partial charge in [0.05, 0.1) is 19.7 Å². The molecule has 0 aromatic carbocycles. The number of furan rings is 1. The van der Waals surface area contributed by atoms with Crippen molar-refractivity contribution in [2.24, 2.45) is 0 Å². The molecule has 1 rings (SSSR count). The molecule has 0 aliphatic carbocycles. The Morgan fingerprint density at radius 3 is 2.75 bits per heavy atom. The molecule has 0 amide bonds. The SMILES string of the molecule is CNCc1ccc(CN(C)C(C)COC)o1. The van der Waals surface area contributed by atoms with Gasteiger partial charge in [-0.3, -0.25) is 4.90 Å². The van der Waals surface area contributed by atoms with Crippen LogP contribution in [-0.4, -0.2) is 38.8 Å². The lowest BCUT2D eigenvalue weighted by atomic mass is 10.3. The lowest BCUT2D eigenvalue weighted by Gasteiger charge is -2.22. The molecule has 4 heteroatoms. The van der Waals surface area contributed by atoms with E-state index in [1.807, 2.05) is 19.2 Å². The van der Waals surface area contributed by atoms with Gasteiger partial charge in [0.25, 0.3) is 0 Å². The third-order valence-corrected chi connectivity index (χ3v) is 2.63. The predicted molar refractivity (Wildman–Crippen MR) is 64.3 cm³/mol. The van der Waals surface area contributed by atoms with E-state index in [0.29, 0.717) is 6.04 Å². The zero-order valence-corrected chi connectivity index (χ0v) is 10.6. The van der Waals surface area contributed by atoms with Crippen LogP contribution >= 0.6 is 0 Å². The Morgan fingerprint density at radius 1 is 1.44 bits per heavy atom. The van der Waals surface area contributed by atoms with Gasteiger partial charge in [0, 0.05) is 13.2 Å². The van der Waals surface area contributed by atoms with E-state index >= 15 is 0 Å². The summed E-state index contributed by atoms with van der Waals surface area (Å²) >= 11 is 0. The van der Waals surface area contributed by atoms with Gasteiger partial charge in [-0.25, -0.2) is 0 Å². The number of hydrogen-bond donors (Lipinski definition) is 1. The number of methoxy groups -OCH3 is 1. The second-order valence-corrected chi connectivity index (χ2v) is 4.12. The Kier molecular flexibility index (Phi) is 5.52. The maximum atomic E-state index is 5.68. The van der Waals surface area contributed by atoms with E-state index in [1.54, 1.807) is 7.11 Å². The Hall–Kier alpha value is -0.840. The number of ether oxygens (including phenoxy) is 1. The Balaban J connectivity index is 2.45. The molecule has 1 heterocycles. The molecular weight excluding hydrogens is 204 g/mol. The molecule has 0 aliphatic heterocycles. The molecule has 1 unspecified atom stereocenters. The zero-order chi connectivity index (χ0) is 12.0. The van der Waals surface area contributed by atoms with Crippen LogP contribution in [0.15, 0.2) is 16.5 Å². The van der Waals surface area contributed by atoms with Gasteiger partial charge in [-0.1, -0.05) is 0 Å². The largest absolute Gasteiger partial charge is 0.463 e. The molecule has 16 heavy (non-hydrogen) atoms. The molecule has 0 radical (unpaired) electrons. The average Bonchev–Trinajstić information content (AvgIpc) is 2.66. The number of rotatable bonds is 7. The lowest BCUT2D eigenvalue weighted by molar-refractivity contribution is 0.107. The van der Waals surface area contributed by atoms with Crippen molar-refractivity contribution < 1.29 is 9.15 Å². The molecule has 92 valence electrons. The van der Waals surface area contributed by atoms with Gasteiger partial charge in [0.2, 0.25) is 0 Å². The molecule has 1 aromatic rings. The maximum Gasteiger partial charge on any atom is 0.118 e. The molecule has 4 nitrogen and oxygen atoms in total. The molecule has 0 spiro atoms. The molecule has 0 bridgehead atoms. The van der Waals surface area contributed by atoms with Gasteiger partial charge in [-0.2, -0.15) is 0 Å². The summed E-state index contributed by atoms with van der Waals surface area (Å²) in [6.07, 6.45) is 0. The van der Waals surface area contributed by atoms with E-state index < -0.39 is 0 Å². The molecular formula is C12H22N2O2. The second-order valence-electron chi connectivity index (χ2n) is 4.12. The Labute approximate surface area is 97.6 Å². The van der Waals surface area contributed by atoms with Gasteiger partial charge in [-0.15, -0.1) is 0 Å². The summed E-state index contributed by atoms with van der Waals surface area (Å²) in [5.41, 5.74) is 0. The highest BCUT2D eigenvalue weighted by molar-refractivity contribution is 5.07. The van der Waals surface area contributed by atoms with Crippen molar-refractivity contribution >= 4 is 0 Å². The number of nitrogens with one attached hydrogen (secondary N) is 1. The molecule has 0 fully saturated rings. The van der Waals surface area contributed by atoms with Crippen LogP contribution in [0.2, 0.25) is 0 Å². The summed E-state index contributed by atoms with van der Waals surface area (Å²) in [6, 6.07) is 4.44. The number of likely N-dealkylation sites (N-methyl/N-ethyl adjacent to an activating group) is 1. The van der Waals surface area contributed by atoms with E-state index in [2.05, 4.69) is 24.2 Å². The monoisotopic (exact) mass is 226 g/mol. The van der Waals surface area contributed by atoms with Crippen LogP contribution in [0.5, 0.6) is 0 Å². The minimum Gasteiger partial charge on any atom is -0.463 e. The van der Waals surface area contributed by atoms with E-state index in [-0.39, 0.29) is 0 Å². The van der Waals surface area contributed by atoms with Gasteiger partial charge < -0.3 is 14.5 Å². The number of hydrogen-bond acceptors (Lipinski definition) is 4. The second kappa shape index (κ2) is 6.68. The van der Waals surface area contributed by atoms with E-state index in [1.165, 1.54) is 0 Å². The average molecular weight is 226 g/mol. The molecule has 0 saturated carbocycles. The van der Waals surface area contributed by atoms with Crippen molar-refractivity contribution in [2.75, 3.05) is 27.8 Å². The van der Waals surface area contributed by atoms with Gasteiger partial charge in [-0.05, 0) is 33.2 Å². The van der Waals surface area contributed by atoms with Crippen LogP contribution in [0.1, 0.15) is 18.4 Å². The quantitative estimate of drug-likeness (QED) is 0.764. The third-order valence-electron chi connectivity index (χ3n) is 2.63. The topological polar surface area (TPSA) is 37.6 Å². The highest BCUT2D eigenvalue weighted by atomic mass is 16.5. The first-order valence-corrected chi connectivity index (χ1v) is 5.58. The molecule has 1 N–H and O–H groups in total. The number of nitrogens with zero attached hydrogens (tertiary/aromatic N) is 1. The van der Waals surface area contributed by atoms with Gasteiger partial charge in [0.15, 0.2) is 0 Å². The standard InChI is InChI=1S/C12H22N2O2/c1-10(9-15-4)14(3)8-12-6-5-11(16-12)7-13-2/h5-6,10,13H,7-9H2,1-4H3. The highest BCUT2D eigenvalue weighted by Crippen LogP contribution is 2.11. The van der Waals surface area contributed by atoms with Crippen LogP contribution in [0.25, 0.3) is 0 Å². The highest BCUT2D eigenvalue weighted by Gasteiger charge is 2.11. The van der Waals surface area contributed by atoms with Crippen molar-refractivity contribution in [1.82, 2.24) is 10.2 Å². The van der Waals surface area contributed by atoms with Crippen LogP contribution in [0.4, 0.5) is 0 Å². The fourth-order valence-corrected chi connectivity index (χ4v) is 1.55. The van der Waals surface area contributed by atoms with Crippen molar-refractivity contribution in [3.63, 3.8) is 0 Å². The van der Waals surface area contributed by atoms with Crippen molar-refractivity contribution in [3.05, 3.63) is 23.7 Å². The minimum absolute atomic E-state index is 0.392. The van der Waals surface area contributed by atoms with Crippen molar-refractivity contribution in [1.29, 1.82) is 0 Å². The van der Waals surface area contributed by atoms with Crippen LogP contribution in [-0.2, 0) is 17.8 Å². The van der Waals surface area contributed by atoms with Crippen LogP contribution in [0.3, 0.4) is 0 Å². The normalized spacial score (nSPS) is 13.3. The van der Waals surface area contributed by atoms with Crippen molar-refractivity contribution in [3.8, 4) is 0 Å². The first-order chi connectivity index (χ1) is 7.67. The smallest absolute Gasteiger partial charge is 0.118 e. The molecule has 0 saturated heterocycles. The summed E-state index contributed by atoms with van der Waals surface area (Å²) in [4.78, 5) is 2.21. The van der Waals surface area contributed by atoms with Gasteiger partial charge >= 0.3 is 0 Å². The zero-order valence-electron chi connectivity index (χ0n) is 10.6. The summed E-state index contributed by atoms with van der Waals surface area (Å²) in [5, 5.41) is 3.07. The summed E-state index contributed by atoms with van der Waals surface area (Å²) in [6.45, 7) is 4.47. The van der Waals surface area contributed by atoms with E-state index in [9.17, 15) is 0 Å². The van der Waals surface area contributed by atoms with Crippen molar-refractivity contribution in [2.45, 2.75) is 26.1 Å². The fraction of sp³-hybridized carbons (Fsp3) is 0.667. The first-order valence-electron chi connectivity index (χ1n) is 5.58. The van der Waals surface area contributed by atoms with E-state index in [0.717, 1.165) is 31.2 Å². The third kappa shape index (κ3) is 3.96. The van der Waals surface area contributed by atoms with Crippen LogP contribution in [0, 0.1) is 0 Å².